The number of hydrogen-bond acceptors (Lipinski definition) is 3. The average Bonchev–Trinajstić information content (AvgIpc) is 3.34. The van der Waals surface area contributed by atoms with Crippen molar-refractivity contribution in [1.29, 1.82) is 0 Å². The van der Waals surface area contributed by atoms with Gasteiger partial charge in [0.2, 0.25) is 0 Å². The van der Waals surface area contributed by atoms with E-state index in [1.54, 1.807) is 19.3 Å². The van der Waals surface area contributed by atoms with Gasteiger partial charge in [0.25, 0.3) is 5.91 Å². The van der Waals surface area contributed by atoms with Crippen LogP contribution in [0.1, 0.15) is 24.1 Å². The lowest BCUT2D eigenvalue weighted by molar-refractivity contribution is -0.115. The Hall–Kier alpha value is -2.99. The second kappa shape index (κ2) is 6.81. The highest BCUT2D eigenvalue weighted by molar-refractivity contribution is 6.08. The van der Waals surface area contributed by atoms with Crippen molar-refractivity contribution in [3.05, 3.63) is 88.7 Å². The summed E-state index contributed by atoms with van der Waals surface area (Å²) < 4.78 is 34.5. The number of anilines is 1. The molecule has 2 aromatic rings. The third-order valence-electron chi connectivity index (χ3n) is 5.98. The summed E-state index contributed by atoms with van der Waals surface area (Å²) >= 11 is 0. The van der Waals surface area contributed by atoms with Crippen LogP contribution in [-0.2, 0) is 16.0 Å². The number of amides is 1. The molecule has 0 aromatic heterocycles. The molecule has 1 amide bonds. The van der Waals surface area contributed by atoms with Gasteiger partial charge in [0, 0.05) is 24.1 Å². The lowest BCUT2D eigenvalue weighted by atomic mass is 9.98. The first-order chi connectivity index (χ1) is 14.0. The maximum atomic E-state index is 14.3. The third-order valence-corrected chi connectivity index (χ3v) is 5.98. The Morgan fingerprint density at radius 1 is 1.14 bits per heavy atom. The number of carbonyl (C=O) groups excluding carboxylic acids is 1. The quantitative estimate of drug-likeness (QED) is 0.800. The largest absolute Gasteiger partial charge is 0.474 e. The van der Waals surface area contributed by atoms with E-state index in [2.05, 4.69) is 17.4 Å². The number of hydrogen-bond donors (Lipinski definition) is 1. The molecule has 2 heterocycles. The number of fused-ring (bicyclic) bond motifs is 3. The van der Waals surface area contributed by atoms with Gasteiger partial charge in [0.1, 0.15) is 17.3 Å². The average molecular weight is 394 g/mol. The van der Waals surface area contributed by atoms with Crippen LogP contribution in [0.25, 0.3) is 0 Å². The van der Waals surface area contributed by atoms with Crippen molar-refractivity contribution in [2.24, 2.45) is 5.92 Å². The minimum absolute atomic E-state index is 0.253. The number of rotatable bonds is 3. The van der Waals surface area contributed by atoms with Gasteiger partial charge < -0.3 is 10.1 Å². The minimum atomic E-state index is -0.885. The third kappa shape index (κ3) is 2.86. The fraction of sp³-hybridized carbons (Fsp3) is 0.261. The SMILES string of the molecule is CC1=CC(OC=C2CNC3c4ccccc4CC23)N(c2c(F)cccc2F)C1=O. The highest BCUT2D eigenvalue weighted by atomic mass is 19.1. The summed E-state index contributed by atoms with van der Waals surface area (Å²) in [5.74, 6) is -1.77. The van der Waals surface area contributed by atoms with Crippen molar-refractivity contribution >= 4 is 11.6 Å². The molecule has 3 unspecified atom stereocenters. The Morgan fingerprint density at radius 2 is 1.90 bits per heavy atom. The van der Waals surface area contributed by atoms with E-state index < -0.39 is 23.8 Å². The number of halogens is 2. The zero-order valence-corrected chi connectivity index (χ0v) is 15.9. The summed E-state index contributed by atoms with van der Waals surface area (Å²) in [5, 5.41) is 3.51. The normalized spacial score (nSPS) is 26.7. The molecule has 3 atom stereocenters. The molecule has 2 aliphatic heterocycles. The van der Waals surface area contributed by atoms with Crippen molar-refractivity contribution < 1.29 is 18.3 Å². The maximum Gasteiger partial charge on any atom is 0.257 e. The maximum absolute atomic E-state index is 14.3. The van der Waals surface area contributed by atoms with Gasteiger partial charge in [0.15, 0.2) is 6.23 Å². The molecule has 0 bridgehead atoms. The summed E-state index contributed by atoms with van der Waals surface area (Å²) in [6.45, 7) is 2.30. The van der Waals surface area contributed by atoms with Crippen molar-refractivity contribution in [2.75, 3.05) is 11.4 Å². The van der Waals surface area contributed by atoms with Crippen LogP contribution in [0.5, 0.6) is 0 Å². The zero-order chi connectivity index (χ0) is 20.1. The van der Waals surface area contributed by atoms with Crippen LogP contribution in [0, 0.1) is 17.6 Å². The molecule has 2 aromatic carbocycles. The van der Waals surface area contributed by atoms with E-state index >= 15 is 0 Å². The van der Waals surface area contributed by atoms with Crippen LogP contribution in [0.4, 0.5) is 14.5 Å². The number of nitrogens with one attached hydrogen (secondary N) is 1. The van der Waals surface area contributed by atoms with E-state index in [0.29, 0.717) is 12.1 Å². The van der Waals surface area contributed by atoms with E-state index in [4.69, 9.17) is 4.74 Å². The molecule has 1 aliphatic carbocycles. The van der Waals surface area contributed by atoms with E-state index in [1.807, 2.05) is 12.1 Å². The van der Waals surface area contributed by atoms with Crippen LogP contribution in [0.3, 0.4) is 0 Å². The highest BCUT2D eigenvalue weighted by Gasteiger charge is 2.40. The molecule has 1 N–H and O–H groups in total. The first-order valence-electron chi connectivity index (χ1n) is 9.66. The Morgan fingerprint density at radius 3 is 2.69 bits per heavy atom. The molecule has 1 fully saturated rings. The topological polar surface area (TPSA) is 41.6 Å². The number of nitrogens with zero attached hydrogens (tertiary/aromatic N) is 1. The molecule has 0 radical (unpaired) electrons. The molecule has 3 aliphatic rings. The second-order valence-electron chi connectivity index (χ2n) is 7.68. The van der Waals surface area contributed by atoms with E-state index in [9.17, 15) is 13.6 Å². The lowest BCUT2D eigenvalue weighted by Crippen LogP contribution is -2.37. The summed E-state index contributed by atoms with van der Waals surface area (Å²) in [7, 11) is 0. The summed E-state index contributed by atoms with van der Waals surface area (Å²) in [6.07, 6.45) is 3.29. The van der Waals surface area contributed by atoms with Crippen LogP contribution < -0.4 is 10.2 Å². The first-order valence-corrected chi connectivity index (χ1v) is 9.66. The van der Waals surface area contributed by atoms with E-state index in [0.717, 1.165) is 29.0 Å². The molecule has 4 nitrogen and oxygen atoms in total. The molecule has 6 heteroatoms. The number of carbonyl (C=O) groups is 1. The predicted molar refractivity (Wildman–Crippen MR) is 105 cm³/mol. The van der Waals surface area contributed by atoms with Crippen molar-refractivity contribution in [3.63, 3.8) is 0 Å². The Labute approximate surface area is 167 Å². The lowest BCUT2D eigenvalue weighted by Gasteiger charge is -2.25. The standard InChI is InChI=1S/C23H20F2N2O2/c1-13-9-20(27(23(13)28)22-18(24)7-4-8-19(22)25)29-12-15-11-26-21-16-6-3-2-5-14(16)10-17(15)21/h2-9,12,17,20-21,26H,10-11H2,1H3. The number of ether oxygens (including phenoxy) is 1. The van der Waals surface area contributed by atoms with E-state index in [-0.39, 0.29) is 17.6 Å². The van der Waals surface area contributed by atoms with Gasteiger partial charge in [-0.3, -0.25) is 9.69 Å². The molecular formula is C23H20F2N2O2. The number of para-hydroxylation sites is 1. The minimum Gasteiger partial charge on any atom is -0.474 e. The Bertz CT molecular complexity index is 1040. The van der Waals surface area contributed by atoms with Crippen LogP contribution in [0.2, 0.25) is 0 Å². The van der Waals surface area contributed by atoms with Crippen molar-refractivity contribution in [1.82, 2.24) is 5.32 Å². The molecule has 5 rings (SSSR count). The highest BCUT2D eigenvalue weighted by Crippen LogP contribution is 2.43. The smallest absolute Gasteiger partial charge is 0.257 e. The molecule has 0 saturated carbocycles. The van der Waals surface area contributed by atoms with E-state index in [1.165, 1.54) is 17.2 Å². The monoisotopic (exact) mass is 394 g/mol. The summed E-state index contributed by atoms with van der Waals surface area (Å²) in [4.78, 5) is 13.6. The summed E-state index contributed by atoms with van der Waals surface area (Å²) in [5.41, 5.74) is 3.73. The molecule has 29 heavy (non-hydrogen) atoms. The van der Waals surface area contributed by atoms with Crippen molar-refractivity contribution in [3.8, 4) is 0 Å². The van der Waals surface area contributed by atoms with Crippen molar-refractivity contribution in [2.45, 2.75) is 25.6 Å². The number of benzene rings is 2. The van der Waals surface area contributed by atoms with Gasteiger partial charge in [-0.1, -0.05) is 30.3 Å². The fourth-order valence-corrected chi connectivity index (χ4v) is 4.55. The predicted octanol–water partition coefficient (Wildman–Crippen LogP) is 4.00. The van der Waals surface area contributed by atoms with Crippen LogP contribution in [-0.4, -0.2) is 18.7 Å². The van der Waals surface area contributed by atoms with Gasteiger partial charge in [-0.15, -0.1) is 0 Å². The zero-order valence-electron chi connectivity index (χ0n) is 15.9. The molecule has 1 saturated heterocycles. The summed E-state index contributed by atoms with van der Waals surface area (Å²) in [6, 6.07) is 12.2. The fourth-order valence-electron chi connectivity index (χ4n) is 4.55. The molecular weight excluding hydrogens is 374 g/mol. The molecule has 148 valence electrons. The second-order valence-corrected chi connectivity index (χ2v) is 7.68. The Balaban J connectivity index is 1.41. The van der Waals surface area contributed by atoms with Gasteiger partial charge >= 0.3 is 0 Å². The van der Waals surface area contributed by atoms with Gasteiger partial charge in [0.05, 0.1) is 6.26 Å². The van der Waals surface area contributed by atoms with Gasteiger partial charge in [-0.05, 0) is 48.3 Å². The van der Waals surface area contributed by atoms with Gasteiger partial charge in [-0.2, -0.15) is 0 Å². The Kier molecular flexibility index (Phi) is 4.24. The first kappa shape index (κ1) is 18.1. The van der Waals surface area contributed by atoms with Gasteiger partial charge in [-0.25, -0.2) is 8.78 Å². The molecule has 0 spiro atoms. The van der Waals surface area contributed by atoms with Crippen LogP contribution in [0.15, 0.2) is 65.9 Å². The van der Waals surface area contributed by atoms with Crippen LogP contribution >= 0.6 is 0 Å².